The highest BCUT2D eigenvalue weighted by Crippen LogP contribution is 2.25. The van der Waals surface area contributed by atoms with Gasteiger partial charge < -0.3 is 20.3 Å². The van der Waals surface area contributed by atoms with Crippen LogP contribution in [-0.4, -0.2) is 60.4 Å². The van der Waals surface area contributed by atoms with E-state index in [-0.39, 0.29) is 17.3 Å². The lowest BCUT2D eigenvalue weighted by Crippen LogP contribution is -2.40. The van der Waals surface area contributed by atoms with Gasteiger partial charge in [0.1, 0.15) is 23.1 Å². The van der Waals surface area contributed by atoms with Crippen LogP contribution in [0.2, 0.25) is 0 Å². The van der Waals surface area contributed by atoms with Gasteiger partial charge in [-0.25, -0.2) is 4.98 Å². The monoisotopic (exact) mass is 381 g/mol. The normalized spacial score (nSPS) is 19.8. The van der Waals surface area contributed by atoms with Gasteiger partial charge in [0.15, 0.2) is 0 Å². The molecule has 146 valence electrons. The minimum atomic E-state index is -0.273. The highest BCUT2D eigenvalue weighted by molar-refractivity contribution is 5.73. The van der Waals surface area contributed by atoms with Crippen molar-refractivity contribution in [1.29, 1.82) is 5.26 Å². The molecule has 3 N–H and O–H groups in total. The largest absolute Gasteiger partial charge is 0.378 e. The standard InChI is InChI=1S/C19H23N7O2/c20-11-13-3-1-5-15(22-13)16-17(23-14-4-2-6-21-12-14)24-19(25-18(16)27)26-7-9-28-10-8-26/h1,3,5,14,21H,2,4,6-10,12H2,(H2,23,24,25,27). The summed E-state index contributed by atoms with van der Waals surface area (Å²) in [4.78, 5) is 27.0. The number of piperidine rings is 1. The van der Waals surface area contributed by atoms with E-state index in [1.807, 2.05) is 11.0 Å². The zero-order valence-electron chi connectivity index (χ0n) is 15.6. The number of aromatic nitrogens is 3. The predicted molar refractivity (Wildman–Crippen MR) is 105 cm³/mol. The molecule has 2 aromatic heterocycles. The van der Waals surface area contributed by atoms with Gasteiger partial charge in [-0.05, 0) is 31.5 Å². The van der Waals surface area contributed by atoms with Gasteiger partial charge in [0, 0.05) is 25.7 Å². The van der Waals surface area contributed by atoms with Crippen molar-refractivity contribution in [2.24, 2.45) is 0 Å². The highest BCUT2D eigenvalue weighted by Gasteiger charge is 2.22. The maximum Gasteiger partial charge on any atom is 0.263 e. The van der Waals surface area contributed by atoms with Gasteiger partial charge in [0.2, 0.25) is 5.95 Å². The summed E-state index contributed by atoms with van der Waals surface area (Å²) in [6.07, 6.45) is 2.06. The number of hydrogen-bond acceptors (Lipinski definition) is 8. The zero-order valence-corrected chi connectivity index (χ0v) is 15.6. The van der Waals surface area contributed by atoms with Crippen LogP contribution in [-0.2, 0) is 4.74 Å². The molecule has 1 unspecified atom stereocenters. The third kappa shape index (κ3) is 3.98. The Labute approximate surface area is 162 Å². The maximum absolute atomic E-state index is 13.0. The Morgan fingerprint density at radius 2 is 2.14 bits per heavy atom. The molecule has 2 aliphatic rings. The van der Waals surface area contributed by atoms with Crippen LogP contribution >= 0.6 is 0 Å². The van der Waals surface area contributed by atoms with E-state index in [9.17, 15) is 4.79 Å². The average Bonchev–Trinajstić information content (AvgIpc) is 2.75. The third-order valence-corrected chi connectivity index (χ3v) is 4.98. The number of nitriles is 1. The summed E-state index contributed by atoms with van der Waals surface area (Å²) in [7, 11) is 0. The molecule has 0 radical (unpaired) electrons. The molecule has 0 spiro atoms. The summed E-state index contributed by atoms with van der Waals surface area (Å²) < 4.78 is 5.40. The molecule has 9 heteroatoms. The van der Waals surface area contributed by atoms with Crippen LogP contribution in [0.5, 0.6) is 0 Å². The second-order valence-corrected chi connectivity index (χ2v) is 6.92. The number of hydrogen-bond donors (Lipinski definition) is 3. The second-order valence-electron chi connectivity index (χ2n) is 6.92. The van der Waals surface area contributed by atoms with Crippen molar-refractivity contribution in [2.45, 2.75) is 18.9 Å². The van der Waals surface area contributed by atoms with Gasteiger partial charge in [-0.3, -0.25) is 9.78 Å². The van der Waals surface area contributed by atoms with E-state index in [1.165, 1.54) is 0 Å². The van der Waals surface area contributed by atoms with E-state index in [0.717, 1.165) is 25.9 Å². The van der Waals surface area contributed by atoms with Crippen LogP contribution in [0.1, 0.15) is 18.5 Å². The molecule has 0 aromatic carbocycles. The molecule has 2 saturated heterocycles. The molecule has 2 aliphatic heterocycles. The predicted octanol–water partition coefficient (Wildman–Crippen LogP) is 0.704. The molecule has 4 rings (SSSR count). The topological polar surface area (TPSA) is 119 Å². The summed E-state index contributed by atoms with van der Waals surface area (Å²) in [5.41, 5.74) is 0.789. The summed E-state index contributed by atoms with van der Waals surface area (Å²) in [6.45, 7) is 4.37. The quantitative estimate of drug-likeness (QED) is 0.708. The summed E-state index contributed by atoms with van der Waals surface area (Å²) in [5.74, 6) is 1.03. The van der Waals surface area contributed by atoms with Gasteiger partial charge in [-0.2, -0.15) is 10.2 Å². The van der Waals surface area contributed by atoms with Crippen molar-refractivity contribution in [1.82, 2.24) is 20.3 Å². The maximum atomic E-state index is 13.0. The molecule has 0 amide bonds. The van der Waals surface area contributed by atoms with Crippen LogP contribution in [0.15, 0.2) is 23.0 Å². The van der Waals surface area contributed by atoms with E-state index in [2.05, 4.69) is 20.6 Å². The first-order valence-corrected chi connectivity index (χ1v) is 9.56. The molecular weight excluding hydrogens is 358 g/mol. The van der Waals surface area contributed by atoms with Crippen molar-refractivity contribution in [3.8, 4) is 17.3 Å². The molecule has 1 atom stereocenters. The fourth-order valence-corrected chi connectivity index (χ4v) is 3.53. The molecule has 2 fully saturated rings. The molecule has 4 heterocycles. The molecular formula is C19H23N7O2. The second kappa shape index (κ2) is 8.37. The number of morpholine rings is 1. The first kappa shape index (κ1) is 18.4. The summed E-state index contributed by atoms with van der Waals surface area (Å²) in [5, 5.41) is 16.0. The summed E-state index contributed by atoms with van der Waals surface area (Å²) in [6, 6.07) is 7.27. The van der Waals surface area contributed by atoms with Crippen LogP contribution in [0.4, 0.5) is 11.8 Å². The molecule has 28 heavy (non-hydrogen) atoms. The van der Waals surface area contributed by atoms with Gasteiger partial charge in [-0.1, -0.05) is 6.07 Å². The average molecular weight is 381 g/mol. The van der Waals surface area contributed by atoms with Gasteiger partial charge in [0.05, 0.1) is 18.9 Å². The van der Waals surface area contributed by atoms with E-state index in [4.69, 9.17) is 15.0 Å². The first-order valence-electron chi connectivity index (χ1n) is 9.56. The molecule has 9 nitrogen and oxygen atoms in total. The van der Waals surface area contributed by atoms with Crippen molar-refractivity contribution in [2.75, 3.05) is 49.6 Å². The van der Waals surface area contributed by atoms with Gasteiger partial charge in [-0.15, -0.1) is 0 Å². The van der Waals surface area contributed by atoms with Crippen molar-refractivity contribution >= 4 is 11.8 Å². The number of ether oxygens (including phenoxy) is 1. The Kier molecular flexibility index (Phi) is 5.50. The number of nitrogens with one attached hydrogen (secondary N) is 3. The molecule has 0 bridgehead atoms. The van der Waals surface area contributed by atoms with E-state index < -0.39 is 0 Å². The number of pyridine rings is 1. The lowest BCUT2D eigenvalue weighted by atomic mass is 10.1. The Morgan fingerprint density at radius 3 is 2.89 bits per heavy atom. The SMILES string of the molecule is N#Cc1cccc(-c2c(NC3CCCNC3)nc(N3CCOCC3)[nH]c2=O)n1. The minimum Gasteiger partial charge on any atom is -0.378 e. The molecule has 0 aliphatic carbocycles. The Bertz CT molecular complexity index is 925. The molecule has 2 aromatic rings. The molecule has 0 saturated carbocycles. The highest BCUT2D eigenvalue weighted by atomic mass is 16.5. The Hall–Kier alpha value is -2.96. The van der Waals surface area contributed by atoms with E-state index in [0.29, 0.717) is 49.3 Å². The van der Waals surface area contributed by atoms with E-state index >= 15 is 0 Å². The zero-order chi connectivity index (χ0) is 19.3. The number of nitrogens with zero attached hydrogens (tertiary/aromatic N) is 4. The lowest BCUT2D eigenvalue weighted by molar-refractivity contribution is 0.122. The fourth-order valence-electron chi connectivity index (χ4n) is 3.53. The first-order chi connectivity index (χ1) is 13.7. The number of aromatic amines is 1. The Morgan fingerprint density at radius 1 is 1.29 bits per heavy atom. The lowest BCUT2D eigenvalue weighted by Gasteiger charge is -2.29. The van der Waals surface area contributed by atoms with Gasteiger partial charge in [0.25, 0.3) is 5.56 Å². The number of H-pyrrole nitrogens is 1. The third-order valence-electron chi connectivity index (χ3n) is 4.98. The van der Waals surface area contributed by atoms with E-state index in [1.54, 1.807) is 18.2 Å². The fraction of sp³-hybridized carbons (Fsp3) is 0.474. The number of rotatable bonds is 4. The smallest absolute Gasteiger partial charge is 0.263 e. The van der Waals surface area contributed by atoms with Crippen LogP contribution < -0.4 is 21.1 Å². The van der Waals surface area contributed by atoms with Crippen LogP contribution in [0.25, 0.3) is 11.3 Å². The summed E-state index contributed by atoms with van der Waals surface area (Å²) >= 11 is 0. The minimum absolute atomic E-state index is 0.179. The van der Waals surface area contributed by atoms with Crippen molar-refractivity contribution in [3.05, 3.63) is 34.2 Å². The van der Waals surface area contributed by atoms with Crippen LogP contribution in [0, 0.1) is 11.3 Å². The van der Waals surface area contributed by atoms with Gasteiger partial charge >= 0.3 is 0 Å². The van der Waals surface area contributed by atoms with Crippen molar-refractivity contribution < 1.29 is 4.74 Å². The number of anilines is 2. The van der Waals surface area contributed by atoms with Crippen LogP contribution in [0.3, 0.4) is 0 Å². The van der Waals surface area contributed by atoms with Crippen molar-refractivity contribution in [3.63, 3.8) is 0 Å². The Balaban J connectivity index is 1.76.